The maximum Gasteiger partial charge on any atom is 0.0839 e. The Balaban J connectivity index is 2.03. The van der Waals surface area contributed by atoms with Gasteiger partial charge in [-0.2, -0.15) is 0 Å². The lowest BCUT2D eigenvalue weighted by Gasteiger charge is -2.17. The highest BCUT2D eigenvalue weighted by atomic mass is 16.3. The predicted octanol–water partition coefficient (Wildman–Crippen LogP) is 4.48. The summed E-state index contributed by atoms with van der Waals surface area (Å²) < 4.78 is 0. The first kappa shape index (κ1) is 18.2. The van der Waals surface area contributed by atoms with Crippen LogP contribution in [0.2, 0.25) is 0 Å². The molecular weight excluding hydrogens is 260 g/mol. The number of benzene rings is 1. The third-order valence-electron chi connectivity index (χ3n) is 4.09. The van der Waals surface area contributed by atoms with Crippen LogP contribution in [0.4, 0.5) is 0 Å². The largest absolute Gasteiger partial charge is 0.390 e. The summed E-state index contributed by atoms with van der Waals surface area (Å²) >= 11 is 0. The lowest BCUT2D eigenvalue weighted by molar-refractivity contribution is 0.0137. The number of unbranched alkanes of at least 4 members (excludes halogenated alkanes) is 7. The van der Waals surface area contributed by atoms with Gasteiger partial charge >= 0.3 is 0 Å². The van der Waals surface area contributed by atoms with Gasteiger partial charge in [0.2, 0.25) is 0 Å². The molecule has 0 spiro atoms. The van der Waals surface area contributed by atoms with Gasteiger partial charge < -0.3 is 10.2 Å². The highest BCUT2D eigenvalue weighted by molar-refractivity contribution is 5.15. The van der Waals surface area contributed by atoms with E-state index >= 15 is 0 Å². The Morgan fingerprint density at radius 2 is 1.33 bits per heavy atom. The lowest BCUT2D eigenvalue weighted by atomic mass is 9.99. The first-order valence-corrected chi connectivity index (χ1v) is 8.64. The third kappa shape index (κ3) is 8.90. The molecule has 1 aromatic rings. The Labute approximate surface area is 130 Å². The number of rotatable bonds is 12. The zero-order valence-electron chi connectivity index (χ0n) is 13.5. The summed E-state index contributed by atoms with van der Waals surface area (Å²) in [6.07, 6.45) is 10.1. The molecule has 2 N–H and O–H groups in total. The Morgan fingerprint density at radius 3 is 1.95 bits per heavy atom. The van der Waals surface area contributed by atoms with E-state index in [0.717, 1.165) is 12.0 Å². The van der Waals surface area contributed by atoms with Crippen molar-refractivity contribution in [3.8, 4) is 0 Å². The average molecular weight is 292 g/mol. The molecule has 0 unspecified atom stereocenters. The van der Waals surface area contributed by atoms with Crippen molar-refractivity contribution in [3.63, 3.8) is 0 Å². The molecule has 0 fully saturated rings. The molecule has 1 rings (SSSR count). The van der Waals surface area contributed by atoms with Gasteiger partial charge in [0.15, 0.2) is 0 Å². The number of aliphatic hydroxyl groups is 2. The first-order valence-electron chi connectivity index (χ1n) is 8.64. The molecule has 0 bridgehead atoms. The molecule has 0 saturated heterocycles. The lowest BCUT2D eigenvalue weighted by Crippen LogP contribution is -2.27. The van der Waals surface area contributed by atoms with Crippen molar-refractivity contribution in [2.24, 2.45) is 0 Å². The number of hydrogen-bond acceptors (Lipinski definition) is 2. The van der Waals surface area contributed by atoms with E-state index in [2.05, 4.69) is 6.92 Å². The summed E-state index contributed by atoms with van der Waals surface area (Å²) in [6, 6.07) is 9.88. The van der Waals surface area contributed by atoms with E-state index in [1.54, 1.807) is 0 Å². The van der Waals surface area contributed by atoms with E-state index in [0.29, 0.717) is 12.8 Å². The Hall–Kier alpha value is -0.860. The van der Waals surface area contributed by atoms with Gasteiger partial charge in [-0.05, 0) is 12.0 Å². The van der Waals surface area contributed by atoms with Gasteiger partial charge in [-0.3, -0.25) is 0 Å². The summed E-state index contributed by atoms with van der Waals surface area (Å²) in [5.74, 6) is 0. The molecule has 0 saturated carbocycles. The SMILES string of the molecule is CCCCCCCCCC[C@@H](O)[C@H](O)Cc1ccccc1. The van der Waals surface area contributed by atoms with Crippen molar-refractivity contribution in [2.75, 3.05) is 0 Å². The molecule has 2 nitrogen and oxygen atoms in total. The minimum atomic E-state index is -0.642. The van der Waals surface area contributed by atoms with Crippen molar-refractivity contribution < 1.29 is 10.2 Å². The van der Waals surface area contributed by atoms with Crippen LogP contribution in [0.5, 0.6) is 0 Å². The Kier molecular flexibility index (Phi) is 10.2. The minimum absolute atomic E-state index is 0.541. The van der Waals surface area contributed by atoms with E-state index < -0.39 is 12.2 Å². The van der Waals surface area contributed by atoms with Gasteiger partial charge in [0, 0.05) is 6.42 Å². The minimum Gasteiger partial charge on any atom is -0.390 e. The van der Waals surface area contributed by atoms with Crippen LogP contribution in [0.1, 0.15) is 70.3 Å². The maximum atomic E-state index is 10.0. The van der Waals surface area contributed by atoms with Crippen LogP contribution in [-0.2, 0) is 6.42 Å². The fourth-order valence-electron chi connectivity index (χ4n) is 2.67. The van der Waals surface area contributed by atoms with Gasteiger partial charge in [-0.1, -0.05) is 88.6 Å². The molecule has 1 aromatic carbocycles. The summed E-state index contributed by atoms with van der Waals surface area (Å²) in [5, 5.41) is 20.0. The van der Waals surface area contributed by atoms with Gasteiger partial charge in [0.25, 0.3) is 0 Å². The zero-order chi connectivity index (χ0) is 15.3. The smallest absolute Gasteiger partial charge is 0.0839 e. The summed E-state index contributed by atoms with van der Waals surface area (Å²) in [7, 11) is 0. The normalized spacial score (nSPS) is 14.0. The Morgan fingerprint density at radius 1 is 0.762 bits per heavy atom. The van der Waals surface area contributed by atoms with Crippen molar-refractivity contribution in [1.82, 2.24) is 0 Å². The standard InChI is InChI=1S/C19H32O2/c1-2-3-4-5-6-7-8-12-15-18(20)19(21)16-17-13-10-9-11-14-17/h9-11,13-14,18-21H,2-8,12,15-16H2,1H3/t18-,19-/m1/s1. The van der Waals surface area contributed by atoms with Crippen molar-refractivity contribution >= 4 is 0 Å². The monoisotopic (exact) mass is 292 g/mol. The molecule has 0 aliphatic heterocycles. The van der Waals surface area contributed by atoms with Crippen LogP contribution in [0.3, 0.4) is 0 Å². The molecule has 0 aliphatic carbocycles. The van der Waals surface area contributed by atoms with E-state index in [1.807, 2.05) is 30.3 Å². The van der Waals surface area contributed by atoms with E-state index in [4.69, 9.17) is 0 Å². The van der Waals surface area contributed by atoms with Crippen LogP contribution in [0, 0.1) is 0 Å². The van der Waals surface area contributed by atoms with Gasteiger partial charge in [0.05, 0.1) is 12.2 Å². The van der Waals surface area contributed by atoms with Crippen LogP contribution < -0.4 is 0 Å². The average Bonchev–Trinajstić information content (AvgIpc) is 2.50. The first-order chi connectivity index (χ1) is 10.2. The van der Waals surface area contributed by atoms with Crippen LogP contribution in [-0.4, -0.2) is 22.4 Å². The van der Waals surface area contributed by atoms with E-state index in [1.165, 1.54) is 44.9 Å². The zero-order valence-corrected chi connectivity index (χ0v) is 13.5. The summed E-state index contributed by atoms with van der Waals surface area (Å²) in [6.45, 7) is 2.24. The predicted molar refractivity (Wildman–Crippen MR) is 89.4 cm³/mol. The van der Waals surface area contributed by atoms with E-state index in [-0.39, 0.29) is 0 Å². The van der Waals surface area contributed by atoms with Crippen molar-refractivity contribution in [2.45, 2.75) is 83.3 Å². The fraction of sp³-hybridized carbons (Fsp3) is 0.684. The Bertz CT molecular complexity index is 337. The summed E-state index contributed by atoms with van der Waals surface area (Å²) in [4.78, 5) is 0. The van der Waals surface area contributed by atoms with Gasteiger partial charge in [-0.25, -0.2) is 0 Å². The fourth-order valence-corrected chi connectivity index (χ4v) is 2.67. The van der Waals surface area contributed by atoms with Crippen molar-refractivity contribution in [3.05, 3.63) is 35.9 Å². The third-order valence-corrected chi connectivity index (χ3v) is 4.09. The second-order valence-electron chi connectivity index (χ2n) is 6.09. The van der Waals surface area contributed by atoms with Crippen LogP contribution in [0.15, 0.2) is 30.3 Å². The molecule has 0 aliphatic rings. The molecule has 2 atom stereocenters. The van der Waals surface area contributed by atoms with Crippen molar-refractivity contribution in [1.29, 1.82) is 0 Å². The number of aliphatic hydroxyl groups excluding tert-OH is 2. The van der Waals surface area contributed by atoms with Crippen LogP contribution in [0.25, 0.3) is 0 Å². The number of hydrogen-bond donors (Lipinski definition) is 2. The highest BCUT2D eigenvalue weighted by Gasteiger charge is 2.15. The molecule has 2 heteroatoms. The second-order valence-corrected chi connectivity index (χ2v) is 6.09. The molecule has 0 heterocycles. The molecule has 120 valence electrons. The van der Waals surface area contributed by atoms with E-state index in [9.17, 15) is 10.2 Å². The molecular formula is C19H32O2. The quantitative estimate of drug-likeness (QED) is 0.558. The molecule has 0 radical (unpaired) electrons. The molecule has 0 aromatic heterocycles. The molecule has 0 amide bonds. The summed E-state index contributed by atoms with van der Waals surface area (Å²) in [5.41, 5.74) is 1.08. The second kappa shape index (κ2) is 11.8. The molecule has 21 heavy (non-hydrogen) atoms. The van der Waals surface area contributed by atoms with Gasteiger partial charge in [-0.15, -0.1) is 0 Å². The van der Waals surface area contributed by atoms with Crippen LogP contribution >= 0.6 is 0 Å². The maximum absolute atomic E-state index is 10.0. The highest BCUT2D eigenvalue weighted by Crippen LogP contribution is 2.14. The topological polar surface area (TPSA) is 40.5 Å². The van der Waals surface area contributed by atoms with Gasteiger partial charge in [0.1, 0.15) is 0 Å².